The minimum Gasteiger partial charge on any atom is -0.456 e. The van der Waals surface area contributed by atoms with Gasteiger partial charge in [0.2, 0.25) is 0 Å². The summed E-state index contributed by atoms with van der Waals surface area (Å²) in [4.78, 5) is 0. The molecule has 162 valence electrons. The molecule has 0 saturated carbocycles. The van der Waals surface area contributed by atoms with Crippen molar-refractivity contribution in [2.45, 2.75) is 6.42 Å². The number of allylic oxidation sites excluding steroid dienone is 2. The number of rotatable bonds is 2. The van der Waals surface area contributed by atoms with Gasteiger partial charge in [0, 0.05) is 31.9 Å². The highest BCUT2D eigenvalue weighted by Crippen LogP contribution is 2.38. The fraction of sp³-hybridized carbons (Fsp3) is 0.0323. The van der Waals surface area contributed by atoms with E-state index in [4.69, 9.17) is 4.42 Å². The number of fused-ring (bicyclic) bond motifs is 6. The Morgan fingerprint density at radius 2 is 1.50 bits per heavy atom. The van der Waals surface area contributed by atoms with Gasteiger partial charge in [0.25, 0.3) is 0 Å². The summed E-state index contributed by atoms with van der Waals surface area (Å²) in [5.74, 6) is 0. The molecule has 0 aliphatic heterocycles. The molecule has 0 radical (unpaired) electrons. The minimum atomic E-state index is 0.904. The molecule has 0 fully saturated rings. The molecule has 7 rings (SSSR count). The van der Waals surface area contributed by atoms with Crippen molar-refractivity contribution in [1.29, 1.82) is 0 Å². The molecular formula is C31H20BrNO. The number of nitrogens with zero attached hydrogens (tertiary/aromatic N) is 1. The number of halogens is 1. The third-order valence-corrected chi connectivity index (χ3v) is 7.19. The summed E-state index contributed by atoms with van der Waals surface area (Å²) in [6.07, 6.45) is 7.83. The summed E-state index contributed by atoms with van der Waals surface area (Å²) in [7, 11) is 0. The van der Waals surface area contributed by atoms with E-state index in [0.29, 0.717) is 0 Å². The first-order valence-corrected chi connectivity index (χ1v) is 12.2. The van der Waals surface area contributed by atoms with Gasteiger partial charge in [-0.1, -0.05) is 70.5 Å². The molecule has 6 aromatic rings. The Bertz CT molecular complexity index is 1780. The molecular weight excluding hydrogens is 482 g/mol. The molecule has 0 bridgehead atoms. The lowest BCUT2D eigenvalue weighted by molar-refractivity contribution is 0.669. The molecule has 0 N–H and O–H groups in total. The van der Waals surface area contributed by atoms with E-state index in [2.05, 4.69) is 118 Å². The van der Waals surface area contributed by atoms with E-state index in [9.17, 15) is 0 Å². The Morgan fingerprint density at radius 1 is 0.735 bits per heavy atom. The van der Waals surface area contributed by atoms with Crippen molar-refractivity contribution in [3.63, 3.8) is 0 Å². The van der Waals surface area contributed by atoms with Gasteiger partial charge < -0.3 is 8.98 Å². The Morgan fingerprint density at radius 3 is 2.38 bits per heavy atom. The largest absolute Gasteiger partial charge is 0.456 e. The van der Waals surface area contributed by atoms with Crippen molar-refractivity contribution in [3.8, 4) is 5.69 Å². The van der Waals surface area contributed by atoms with Gasteiger partial charge in [-0.3, -0.25) is 0 Å². The van der Waals surface area contributed by atoms with Crippen LogP contribution in [0.4, 0.5) is 0 Å². The van der Waals surface area contributed by atoms with Crippen LogP contribution in [0.25, 0.3) is 56.3 Å². The maximum atomic E-state index is 6.11. The van der Waals surface area contributed by atoms with Crippen molar-refractivity contribution in [2.24, 2.45) is 0 Å². The van der Waals surface area contributed by atoms with Gasteiger partial charge in [0.05, 0.1) is 11.2 Å². The third kappa shape index (κ3) is 3.01. The van der Waals surface area contributed by atoms with Gasteiger partial charge in [0.1, 0.15) is 11.2 Å². The minimum absolute atomic E-state index is 0.904. The Hall–Kier alpha value is -3.82. The second-order valence-electron chi connectivity index (χ2n) is 8.72. The topological polar surface area (TPSA) is 18.1 Å². The summed E-state index contributed by atoms with van der Waals surface area (Å²) in [6, 6.07) is 32.0. The zero-order valence-corrected chi connectivity index (χ0v) is 19.9. The van der Waals surface area contributed by atoms with Crippen LogP contribution >= 0.6 is 15.9 Å². The standard InChI is InChI=1S/C31H20BrNO/c32-22-13-15-30-26(18-22)27-19-23(14-16-31(27)34-30)33-28-11-5-4-10-24(28)25-17-21(9-6-12-29(25)33)20-7-2-1-3-8-20/h1-8,10-19H,9H2. The van der Waals surface area contributed by atoms with Gasteiger partial charge >= 0.3 is 0 Å². The van der Waals surface area contributed by atoms with Crippen LogP contribution in [0.5, 0.6) is 0 Å². The predicted octanol–water partition coefficient (Wildman–Crippen LogP) is 9.25. The quantitative estimate of drug-likeness (QED) is 0.231. The van der Waals surface area contributed by atoms with Crippen molar-refractivity contribution in [1.82, 2.24) is 4.57 Å². The van der Waals surface area contributed by atoms with Gasteiger partial charge in [0.15, 0.2) is 0 Å². The van der Waals surface area contributed by atoms with Crippen LogP contribution in [-0.4, -0.2) is 4.57 Å². The highest BCUT2D eigenvalue weighted by atomic mass is 79.9. The smallest absolute Gasteiger partial charge is 0.135 e. The van der Waals surface area contributed by atoms with E-state index in [1.54, 1.807) is 0 Å². The molecule has 0 atom stereocenters. The molecule has 0 amide bonds. The first kappa shape index (κ1) is 19.6. The number of hydrogen-bond acceptors (Lipinski definition) is 1. The first-order chi connectivity index (χ1) is 16.8. The summed E-state index contributed by atoms with van der Waals surface area (Å²) in [6.45, 7) is 0. The molecule has 2 nitrogen and oxygen atoms in total. The maximum Gasteiger partial charge on any atom is 0.135 e. The van der Waals surface area contributed by atoms with E-state index < -0.39 is 0 Å². The summed E-state index contributed by atoms with van der Waals surface area (Å²) in [5.41, 5.74) is 9.23. The zero-order chi connectivity index (χ0) is 22.6. The van der Waals surface area contributed by atoms with Crippen molar-refractivity contribution >= 4 is 66.5 Å². The van der Waals surface area contributed by atoms with Crippen molar-refractivity contribution < 1.29 is 4.42 Å². The van der Waals surface area contributed by atoms with E-state index >= 15 is 0 Å². The predicted molar refractivity (Wildman–Crippen MR) is 146 cm³/mol. The molecule has 34 heavy (non-hydrogen) atoms. The molecule has 0 saturated heterocycles. The molecule has 1 aliphatic rings. The average Bonchev–Trinajstić information content (AvgIpc) is 3.29. The monoisotopic (exact) mass is 501 g/mol. The van der Waals surface area contributed by atoms with Crippen LogP contribution in [0, 0.1) is 0 Å². The van der Waals surface area contributed by atoms with Crippen molar-refractivity contribution in [3.05, 3.63) is 118 Å². The van der Waals surface area contributed by atoms with Crippen LogP contribution in [0.3, 0.4) is 0 Å². The summed E-state index contributed by atoms with van der Waals surface area (Å²) < 4.78 is 9.54. The van der Waals surface area contributed by atoms with Gasteiger partial charge in [-0.25, -0.2) is 0 Å². The number of aromatic nitrogens is 1. The van der Waals surface area contributed by atoms with E-state index in [1.807, 2.05) is 12.1 Å². The van der Waals surface area contributed by atoms with Gasteiger partial charge in [-0.05, 0) is 72.2 Å². The van der Waals surface area contributed by atoms with Crippen LogP contribution < -0.4 is 0 Å². The second-order valence-corrected chi connectivity index (χ2v) is 9.63. The third-order valence-electron chi connectivity index (χ3n) is 6.70. The number of hydrogen-bond donors (Lipinski definition) is 0. The molecule has 2 heterocycles. The fourth-order valence-electron chi connectivity index (χ4n) is 5.14. The van der Waals surface area contributed by atoms with Gasteiger partial charge in [-0.2, -0.15) is 0 Å². The second kappa shape index (κ2) is 7.61. The highest BCUT2D eigenvalue weighted by Gasteiger charge is 2.19. The Labute approximate surface area is 205 Å². The highest BCUT2D eigenvalue weighted by molar-refractivity contribution is 9.10. The summed E-state index contributed by atoms with van der Waals surface area (Å²) >= 11 is 3.61. The molecule has 2 aromatic heterocycles. The molecule has 0 spiro atoms. The normalized spacial score (nSPS) is 13.4. The molecule has 1 aliphatic carbocycles. The van der Waals surface area contributed by atoms with E-state index in [-0.39, 0.29) is 0 Å². The lowest BCUT2D eigenvalue weighted by atomic mass is 10.0. The molecule has 4 aromatic carbocycles. The number of para-hydroxylation sites is 1. The Balaban J connectivity index is 1.51. The summed E-state index contributed by atoms with van der Waals surface area (Å²) in [5, 5.41) is 3.51. The van der Waals surface area contributed by atoms with Crippen LogP contribution in [0.15, 0.2) is 106 Å². The van der Waals surface area contributed by atoms with Crippen LogP contribution in [0.2, 0.25) is 0 Å². The lowest BCUT2D eigenvalue weighted by Crippen LogP contribution is -1.96. The van der Waals surface area contributed by atoms with Crippen LogP contribution in [0.1, 0.15) is 23.2 Å². The van der Waals surface area contributed by atoms with Crippen molar-refractivity contribution in [2.75, 3.05) is 0 Å². The SMILES string of the molecule is Brc1ccc2oc3ccc(-n4c5c(c6ccccc64)C=C(c4ccccc4)CC=C5)cc3c2c1. The van der Waals surface area contributed by atoms with Crippen LogP contribution in [-0.2, 0) is 0 Å². The average molecular weight is 502 g/mol. The molecule has 0 unspecified atom stereocenters. The zero-order valence-electron chi connectivity index (χ0n) is 18.3. The number of furan rings is 1. The Kier molecular flexibility index (Phi) is 4.39. The molecule has 3 heteroatoms. The van der Waals surface area contributed by atoms with E-state index in [1.165, 1.54) is 33.3 Å². The maximum absolute atomic E-state index is 6.11. The van der Waals surface area contributed by atoms with E-state index in [0.717, 1.165) is 38.5 Å². The number of benzene rings is 4. The first-order valence-electron chi connectivity index (χ1n) is 11.4. The lowest BCUT2D eigenvalue weighted by Gasteiger charge is -2.09. The fourth-order valence-corrected chi connectivity index (χ4v) is 5.50. The van der Waals surface area contributed by atoms with Gasteiger partial charge in [-0.15, -0.1) is 0 Å².